The molecule has 2 N–H and O–H groups in total. The van der Waals surface area contributed by atoms with Crippen LogP contribution in [-0.4, -0.2) is 56.2 Å². The van der Waals surface area contributed by atoms with Crippen LogP contribution in [0.1, 0.15) is 33.1 Å². The van der Waals surface area contributed by atoms with E-state index in [4.69, 9.17) is 0 Å². The van der Waals surface area contributed by atoms with Gasteiger partial charge >= 0.3 is 6.03 Å². The number of benzene rings is 1. The second-order valence-electron chi connectivity index (χ2n) is 8.40. The van der Waals surface area contributed by atoms with Gasteiger partial charge in [0.2, 0.25) is 0 Å². The maximum atomic E-state index is 13.1. The first-order valence-corrected chi connectivity index (χ1v) is 10.3. The molecule has 2 saturated heterocycles. The van der Waals surface area contributed by atoms with Crippen molar-refractivity contribution >= 4 is 11.7 Å². The van der Waals surface area contributed by atoms with E-state index < -0.39 is 0 Å². The summed E-state index contributed by atoms with van der Waals surface area (Å²) >= 11 is 0. The predicted molar refractivity (Wildman–Crippen MR) is 108 cm³/mol. The van der Waals surface area contributed by atoms with Gasteiger partial charge in [-0.2, -0.15) is 0 Å². The summed E-state index contributed by atoms with van der Waals surface area (Å²) in [5, 5.41) is 6.18. The van der Waals surface area contributed by atoms with Crippen LogP contribution in [-0.2, 0) is 0 Å². The quantitative estimate of drug-likeness (QED) is 0.802. The Hall–Kier alpha value is -1.82. The van der Waals surface area contributed by atoms with Gasteiger partial charge in [-0.05, 0) is 55.4 Å². The zero-order chi connectivity index (χ0) is 19.2. The van der Waals surface area contributed by atoms with Gasteiger partial charge < -0.3 is 20.4 Å². The number of carbonyl (C=O) groups excluding carboxylic acids is 1. The molecule has 3 rings (SSSR count). The van der Waals surface area contributed by atoms with Crippen molar-refractivity contribution in [2.24, 2.45) is 11.8 Å². The molecule has 2 aliphatic rings. The van der Waals surface area contributed by atoms with Gasteiger partial charge in [0.15, 0.2) is 0 Å². The number of piperidine rings is 1. The van der Waals surface area contributed by atoms with E-state index in [0.29, 0.717) is 18.4 Å². The number of urea groups is 1. The summed E-state index contributed by atoms with van der Waals surface area (Å²) in [6.07, 6.45) is 3.11. The van der Waals surface area contributed by atoms with Crippen molar-refractivity contribution in [1.29, 1.82) is 0 Å². The Kier molecular flexibility index (Phi) is 6.94. The molecule has 0 radical (unpaired) electrons. The number of anilines is 1. The van der Waals surface area contributed by atoms with Crippen molar-refractivity contribution in [3.63, 3.8) is 0 Å². The van der Waals surface area contributed by atoms with Crippen LogP contribution in [0.2, 0.25) is 0 Å². The van der Waals surface area contributed by atoms with Crippen LogP contribution >= 0.6 is 0 Å². The molecule has 2 amide bonds. The van der Waals surface area contributed by atoms with Crippen molar-refractivity contribution < 1.29 is 9.18 Å². The molecular formula is C21H33FN4O. The molecular weight excluding hydrogens is 343 g/mol. The van der Waals surface area contributed by atoms with Crippen molar-refractivity contribution in [3.8, 4) is 0 Å². The highest BCUT2D eigenvalue weighted by atomic mass is 19.1. The number of nitrogens with zero attached hydrogens (tertiary/aromatic N) is 2. The monoisotopic (exact) mass is 376 g/mol. The molecule has 27 heavy (non-hydrogen) atoms. The average molecular weight is 377 g/mol. The van der Waals surface area contributed by atoms with Crippen LogP contribution in [0.15, 0.2) is 24.3 Å². The first-order chi connectivity index (χ1) is 13.0. The highest BCUT2D eigenvalue weighted by Crippen LogP contribution is 2.23. The molecule has 1 aromatic rings. The fourth-order valence-electron chi connectivity index (χ4n) is 4.14. The van der Waals surface area contributed by atoms with Gasteiger partial charge in [0, 0.05) is 51.0 Å². The minimum atomic E-state index is -0.206. The number of carbonyl (C=O) groups is 1. The summed E-state index contributed by atoms with van der Waals surface area (Å²) in [6.45, 7) is 10.3. The standard InChI is InChI=1S/C21H33FN4O/c1-16(2)14-25-10-8-19(9-11-25)24-21(27)23-13-17-7-12-26(15-17)20-5-3-18(22)4-6-20/h3-6,16-17,19H,7-15H2,1-2H3,(H2,23,24,27)/t17-/m0/s1. The molecule has 2 heterocycles. The summed E-state index contributed by atoms with van der Waals surface area (Å²) in [7, 11) is 0. The Morgan fingerprint density at radius 1 is 1.15 bits per heavy atom. The molecule has 0 saturated carbocycles. The summed E-state index contributed by atoms with van der Waals surface area (Å²) in [4.78, 5) is 17.0. The van der Waals surface area contributed by atoms with E-state index in [1.54, 1.807) is 0 Å². The largest absolute Gasteiger partial charge is 0.371 e. The SMILES string of the molecule is CC(C)CN1CCC(NC(=O)NC[C@@H]2CCN(c3ccc(F)cc3)C2)CC1. The molecule has 1 atom stereocenters. The lowest BCUT2D eigenvalue weighted by atomic mass is 10.0. The van der Waals surface area contributed by atoms with E-state index in [1.807, 2.05) is 12.1 Å². The Balaban J connectivity index is 1.33. The maximum absolute atomic E-state index is 13.1. The number of amides is 2. The number of hydrogen-bond acceptors (Lipinski definition) is 3. The van der Waals surface area contributed by atoms with Gasteiger partial charge in [-0.3, -0.25) is 0 Å². The smallest absolute Gasteiger partial charge is 0.315 e. The number of likely N-dealkylation sites (tertiary alicyclic amines) is 1. The Morgan fingerprint density at radius 3 is 2.52 bits per heavy atom. The van der Waals surface area contributed by atoms with E-state index in [0.717, 1.165) is 57.7 Å². The van der Waals surface area contributed by atoms with Crippen molar-refractivity contribution in [1.82, 2.24) is 15.5 Å². The number of hydrogen-bond donors (Lipinski definition) is 2. The fraction of sp³-hybridized carbons (Fsp3) is 0.667. The predicted octanol–water partition coefficient (Wildman–Crippen LogP) is 3.07. The lowest BCUT2D eigenvalue weighted by Gasteiger charge is -2.33. The third-order valence-corrected chi connectivity index (χ3v) is 5.58. The number of rotatable bonds is 6. The minimum Gasteiger partial charge on any atom is -0.371 e. The molecule has 0 spiro atoms. The first-order valence-electron chi connectivity index (χ1n) is 10.3. The van der Waals surface area contributed by atoms with Crippen LogP contribution in [0.3, 0.4) is 0 Å². The Labute approximate surface area is 162 Å². The number of halogens is 1. The van der Waals surface area contributed by atoms with E-state index in [9.17, 15) is 9.18 Å². The van der Waals surface area contributed by atoms with Crippen LogP contribution in [0.25, 0.3) is 0 Å². The van der Waals surface area contributed by atoms with Crippen LogP contribution < -0.4 is 15.5 Å². The van der Waals surface area contributed by atoms with Crippen molar-refractivity contribution in [2.45, 2.75) is 39.2 Å². The maximum Gasteiger partial charge on any atom is 0.315 e. The van der Waals surface area contributed by atoms with Crippen molar-refractivity contribution in [2.75, 3.05) is 44.2 Å². The molecule has 5 nitrogen and oxygen atoms in total. The molecule has 0 aliphatic carbocycles. The summed E-state index contributed by atoms with van der Waals surface area (Å²) in [5.74, 6) is 0.926. The van der Waals surface area contributed by atoms with E-state index in [2.05, 4.69) is 34.3 Å². The topological polar surface area (TPSA) is 47.6 Å². The second-order valence-corrected chi connectivity index (χ2v) is 8.40. The fourth-order valence-corrected chi connectivity index (χ4v) is 4.14. The third-order valence-electron chi connectivity index (χ3n) is 5.58. The normalized spacial score (nSPS) is 21.6. The molecule has 0 unspecified atom stereocenters. The van der Waals surface area contributed by atoms with Gasteiger partial charge in [0.05, 0.1) is 0 Å². The average Bonchev–Trinajstić information content (AvgIpc) is 3.11. The third kappa shape index (κ3) is 6.09. The Bertz CT molecular complexity index is 599. The second kappa shape index (κ2) is 9.40. The lowest BCUT2D eigenvalue weighted by Crippen LogP contribution is -2.49. The van der Waals surface area contributed by atoms with Crippen LogP contribution in [0, 0.1) is 17.7 Å². The van der Waals surface area contributed by atoms with E-state index in [1.165, 1.54) is 12.1 Å². The first kappa shape index (κ1) is 19.9. The van der Waals surface area contributed by atoms with Gasteiger partial charge in [-0.1, -0.05) is 13.8 Å². The zero-order valence-electron chi connectivity index (χ0n) is 16.6. The van der Waals surface area contributed by atoms with Gasteiger partial charge in [-0.25, -0.2) is 9.18 Å². The van der Waals surface area contributed by atoms with Crippen molar-refractivity contribution in [3.05, 3.63) is 30.1 Å². The number of nitrogens with one attached hydrogen (secondary N) is 2. The minimum absolute atomic E-state index is 0.0439. The van der Waals surface area contributed by atoms with Gasteiger partial charge in [0.25, 0.3) is 0 Å². The zero-order valence-corrected chi connectivity index (χ0v) is 16.6. The molecule has 2 aliphatic heterocycles. The highest BCUT2D eigenvalue weighted by molar-refractivity contribution is 5.74. The van der Waals surface area contributed by atoms with Gasteiger partial charge in [0.1, 0.15) is 5.82 Å². The summed E-state index contributed by atoms with van der Waals surface area (Å²) in [5.41, 5.74) is 1.05. The van der Waals surface area contributed by atoms with Crippen LogP contribution in [0.5, 0.6) is 0 Å². The molecule has 150 valence electrons. The van der Waals surface area contributed by atoms with Gasteiger partial charge in [-0.15, -0.1) is 0 Å². The summed E-state index contributed by atoms with van der Waals surface area (Å²) in [6, 6.07) is 6.89. The highest BCUT2D eigenvalue weighted by Gasteiger charge is 2.24. The molecule has 0 aromatic heterocycles. The molecule has 2 fully saturated rings. The summed E-state index contributed by atoms with van der Waals surface area (Å²) < 4.78 is 13.1. The molecule has 0 bridgehead atoms. The molecule has 1 aromatic carbocycles. The lowest BCUT2D eigenvalue weighted by molar-refractivity contribution is 0.177. The van der Waals surface area contributed by atoms with E-state index >= 15 is 0 Å². The Morgan fingerprint density at radius 2 is 1.85 bits per heavy atom. The van der Waals surface area contributed by atoms with Crippen LogP contribution in [0.4, 0.5) is 14.9 Å². The molecule has 6 heteroatoms. The van der Waals surface area contributed by atoms with E-state index in [-0.39, 0.29) is 17.9 Å².